The minimum absolute atomic E-state index is 0.0771. The highest BCUT2D eigenvalue weighted by atomic mass is 16.5. The zero-order chi connectivity index (χ0) is 11.9. The molecule has 2 aromatic carbocycles. The Balaban J connectivity index is 1.78. The van der Waals surface area contributed by atoms with Gasteiger partial charge in [0.15, 0.2) is 6.10 Å². The smallest absolute Gasteiger partial charge is 0.159 e. The highest BCUT2D eigenvalue weighted by molar-refractivity contribution is 5.93. The quantitative estimate of drug-likeness (QED) is 0.826. The van der Waals surface area contributed by atoms with Gasteiger partial charge in [-0.1, -0.05) is 30.3 Å². The van der Waals surface area contributed by atoms with Gasteiger partial charge in [-0.2, -0.15) is 0 Å². The first-order chi connectivity index (χ1) is 8.92. The van der Waals surface area contributed by atoms with Crippen LogP contribution in [0.1, 0.15) is 5.56 Å². The van der Waals surface area contributed by atoms with Gasteiger partial charge in [0.2, 0.25) is 0 Å². The van der Waals surface area contributed by atoms with Gasteiger partial charge in [0.05, 0.1) is 6.54 Å². The van der Waals surface area contributed by atoms with Crippen LogP contribution in [0.2, 0.25) is 0 Å². The van der Waals surface area contributed by atoms with Crippen LogP contribution in [-0.4, -0.2) is 25.0 Å². The molecule has 0 spiro atoms. The van der Waals surface area contributed by atoms with E-state index < -0.39 is 0 Å². The van der Waals surface area contributed by atoms with Gasteiger partial charge >= 0.3 is 0 Å². The SMILES string of the molecule is c1ccc2c3c(ccc2c1)O[C@@H](C1=NCCN1)C3. The van der Waals surface area contributed by atoms with Crippen molar-refractivity contribution in [1.29, 1.82) is 0 Å². The van der Waals surface area contributed by atoms with Crippen molar-refractivity contribution in [3.05, 3.63) is 42.0 Å². The normalized spacial score (nSPS) is 21.3. The molecular formula is C15H14N2O. The van der Waals surface area contributed by atoms with Crippen LogP contribution in [0.15, 0.2) is 41.4 Å². The van der Waals surface area contributed by atoms with Crippen molar-refractivity contribution in [2.24, 2.45) is 4.99 Å². The Labute approximate surface area is 105 Å². The lowest BCUT2D eigenvalue weighted by Gasteiger charge is -2.10. The van der Waals surface area contributed by atoms with E-state index in [1.807, 2.05) is 0 Å². The molecule has 0 amide bonds. The zero-order valence-corrected chi connectivity index (χ0v) is 10.0. The minimum atomic E-state index is 0.0771. The molecule has 0 bridgehead atoms. The van der Waals surface area contributed by atoms with Crippen LogP contribution in [0.3, 0.4) is 0 Å². The van der Waals surface area contributed by atoms with Crippen LogP contribution >= 0.6 is 0 Å². The van der Waals surface area contributed by atoms with Crippen molar-refractivity contribution in [2.75, 3.05) is 13.1 Å². The van der Waals surface area contributed by atoms with Crippen LogP contribution in [0.5, 0.6) is 5.75 Å². The topological polar surface area (TPSA) is 33.6 Å². The molecule has 0 aromatic heterocycles. The van der Waals surface area contributed by atoms with Crippen molar-refractivity contribution in [3.63, 3.8) is 0 Å². The summed E-state index contributed by atoms with van der Waals surface area (Å²) in [5.41, 5.74) is 1.31. The highest BCUT2D eigenvalue weighted by Crippen LogP contribution is 2.35. The average Bonchev–Trinajstić information content (AvgIpc) is 3.07. The Morgan fingerprint density at radius 3 is 3.00 bits per heavy atom. The summed E-state index contributed by atoms with van der Waals surface area (Å²) in [5, 5.41) is 5.89. The summed E-state index contributed by atoms with van der Waals surface area (Å²) >= 11 is 0. The number of rotatable bonds is 1. The molecule has 0 saturated heterocycles. The molecule has 90 valence electrons. The lowest BCUT2D eigenvalue weighted by Crippen LogP contribution is -2.34. The average molecular weight is 238 g/mol. The summed E-state index contributed by atoms with van der Waals surface area (Å²) in [6.07, 6.45) is 0.996. The van der Waals surface area contributed by atoms with E-state index in [0.717, 1.165) is 31.1 Å². The second-order valence-corrected chi connectivity index (χ2v) is 4.77. The summed E-state index contributed by atoms with van der Waals surface area (Å²) < 4.78 is 6.01. The van der Waals surface area contributed by atoms with Crippen LogP contribution < -0.4 is 10.1 Å². The Hall–Kier alpha value is -2.03. The third-order valence-corrected chi connectivity index (χ3v) is 3.66. The third-order valence-electron chi connectivity index (χ3n) is 3.66. The first-order valence-electron chi connectivity index (χ1n) is 6.37. The van der Waals surface area contributed by atoms with Gasteiger partial charge in [-0.3, -0.25) is 4.99 Å². The second-order valence-electron chi connectivity index (χ2n) is 4.77. The molecule has 2 aliphatic heterocycles. The standard InChI is InChI=1S/C15H14N2O/c1-2-4-11-10(3-1)5-6-13-12(11)9-14(18-13)15-16-7-8-17-15/h1-6,14H,7-9H2,(H,16,17)/t14-/m1/s1. The molecule has 0 radical (unpaired) electrons. The molecule has 0 fully saturated rings. The van der Waals surface area contributed by atoms with Crippen molar-refractivity contribution in [2.45, 2.75) is 12.5 Å². The van der Waals surface area contributed by atoms with Gasteiger partial charge in [0.1, 0.15) is 11.6 Å². The van der Waals surface area contributed by atoms with E-state index in [-0.39, 0.29) is 6.10 Å². The molecule has 0 saturated carbocycles. The van der Waals surface area contributed by atoms with Crippen LogP contribution in [0, 0.1) is 0 Å². The Morgan fingerprint density at radius 2 is 2.11 bits per heavy atom. The van der Waals surface area contributed by atoms with E-state index in [9.17, 15) is 0 Å². The molecule has 2 heterocycles. The number of fused-ring (bicyclic) bond motifs is 3. The van der Waals surface area contributed by atoms with E-state index in [0.29, 0.717) is 0 Å². The largest absolute Gasteiger partial charge is 0.482 e. The molecule has 1 atom stereocenters. The molecule has 0 aliphatic carbocycles. The number of benzene rings is 2. The third kappa shape index (κ3) is 1.40. The van der Waals surface area contributed by atoms with Crippen molar-refractivity contribution in [3.8, 4) is 5.75 Å². The minimum Gasteiger partial charge on any atom is -0.482 e. The van der Waals surface area contributed by atoms with E-state index in [2.05, 4.69) is 46.7 Å². The molecule has 18 heavy (non-hydrogen) atoms. The van der Waals surface area contributed by atoms with Gasteiger partial charge < -0.3 is 10.1 Å². The summed E-state index contributed by atoms with van der Waals surface area (Å²) in [6, 6.07) is 12.7. The maximum Gasteiger partial charge on any atom is 0.159 e. The van der Waals surface area contributed by atoms with E-state index in [1.54, 1.807) is 0 Å². The summed E-state index contributed by atoms with van der Waals surface area (Å²) in [6.45, 7) is 1.80. The molecule has 3 nitrogen and oxygen atoms in total. The number of amidine groups is 1. The maximum absolute atomic E-state index is 6.01. The fourth-order valence-corrected chi connectivity index (χ4v) is 2.80. The van der Waals surface area contributed by atoms with E-state index >= 15 is 0 Å². The summed E-state index contributed by atoms with van der Waals surface area (Å²) in [4.78, 5) is 4.46. The molecule has 2 aromatic rings. The van der Waals surface area contributed by atoms with Gasteiger partial charge in [-0.15, -0.1) is 0 Å². The lowest BCUT2D eigenvalue weighted by molar-refractivity contribution is 0.298. The molecule has 2 aliphatic rings. The fraction of sp³-hybridized carbons (Fsp3) is 0.267. The number of hydrogen-bond donors (Lipinski definition) is 1. The van der Waals surface area contributed by atoms with Crippen LogP contribution in [0.25, 0.3) is 10.8 Å². The summed E-state index contributed by atoms with van der Waals surface area (Å²) in [5.74, 6) is 2.02. The Morgan fingerprint density at radius 1 is 1.17 bits per heavy atom. The van der Waals surface area contributed by atoms with Crippen LogP contribution in [-0.2, 0) is 6.42 Å². The first-order valence-corrected chi connectivity index (χ1v) is 6.37. The predicted molar refractivity (Wildman–Crippen MR) is 72.4 cm³/mol. The second kappa shape index (κ2) is 3.73. The van der Waals surface area contributed by atoms with Crippen molar-refractivity contribution >= 4 is 16.6 Å². The van der Waals surface area contributed by atoms with E-state index in [4.69, 9.17) is 4.74 Å². The molecule has 1 N–H and O–H groups in total. The molecular weight excluding hydrogens is 224 g/mol. The van der Waals surface area contributed by atoms with Crippen molar-refractivity contribution in [1.82, 2.24) is 5.32 Å². The number of nitrogens with zero attached hydrogens (tertiary/aromatic N) is 1. The summed E-state index contributed by atoms with van der Waals surface area (Å²) in [7, 11) is 0. The van der Waals surface area contributed by atoms with Gasteiger partial charge in [-0.05, 0) is 16.8 Å². The number of aliphatic imine (C=N–C) groups is 1. The Kier molecular flexibility index (Phi) is 2.06. The highest BCUT2D eigenvalue weighted by Gasteiger charge is 2.29. The van der Waals surface area contributed by atoms with E-state index in [1.165, 1.54) is 16.3 Å². The first kappa shape index (κ1) is 9.95. The maximum atomic E-state index is 6.01. The molecule has 4 rings (SSSR count). The molecule has 0 unspecified atom stereocenters. The monoisotopic (exact) mass is 238 g/mol. The Bertz CT molecular complexity index is 648. The van der Waals surface area contributed by atoms with Gasteiger partial charge in [-0.25, -0.2) is 0 Å². The van der Waals surface area contributed by atoms with Gasteiger partial charge in [0, 0.05) is 18.5 Å². The molecule has 3 heteroatoms. The number of ether oxygens (including phenoxy) is 1. The van der Waals surface area contributed by atoms with Crippen molar-refractivity contribution < 1.29 is 4.74 Å². The number of nitrogens with one attached hydrogen (secondary N) is 1. The number of hydrogen-bond acceptors (Lipinski definition) is 3. The lowest BCUT2D eigenvalue weighted by atomic mass is 10.0. The van der Waals surface area contributed by atoms with Gasteiger partial charge in [0.25, 0.3) is 0 Å². The zero-order valence-electron chi connectivity index (χ0n) is 10.0. The van der Waals surface area contributed by atoms with Crippen LogP contribution in [0.4, 0.5) is 0 Å². The predicted octanol–water partition coefficient (Wildman–Crippen LogP) is 2.14. The fourth-order valence-electron chi connectivity index (χ4n) is 2.80.